The first-order chi connectivity index (χ1) is 5.34. The molecule has 0 spiro atoms. The Morgan fingerprint density at radius 3 is 3.00 bits per heavy atom. The predicted octanol–water partition coefficient (Wildman–Crippen LogP) is 0.720. The van der Waals surface area contributed by atoms with Gasteiger partial charge >= 0.3 is 0 Å². The van der Waals surface area contributed by atoms with E-state index in [-0.39, 0.29) is 0 Å². The molecule has 54 valence electrons. The standard InChI is InChI=1S/C6H3N3OS/c10-6(7-4-11)5-1-2-8-9-3-5/h1-3H. The molecule has 4 nitrogen and oxygen atoms in total. The van der Waals surface area contributed by atoms with E-state index in [0.717, 1.165) is 0 Å². The van der Waals surface area contributed by atoms with E-state index in [9.17, 15) is 4.79 Å². The number of nitrogens with zero attached hydrogens (tertiary/aromatic N) is 3. The number of aromatic nitrogens is 2. The van der Waals surface area contributed by atoms with Crippen molar-refractivity contribution in [3.63, 3.8) is 0 Å². The second-order valence-electron chi connectivity index (χ2n) is 1.64. The number of hydrogen-bond acceptors (Lipinski definition) is 4. The fourth-order valence-corrected chi connectivity index (χ4v) is 0.606. The smallest absolute Gasteiger partial charge is 0.266 e. The Balaban J connectivity index is 2.94. The molecule has 0 saturated heterocycles. The van der Waals surface area contributed by atoms with Crippen LogP contribution >= 0.6 is 12.2 Å². The number of thiocarbonyl (C=S) groups is 1. The van der Waals surface area contributed by atoms with Crippen LogP contribution in [0.25, 0.3) is 0 Å². The van der Waals surface area contributed by atoms with Gasteiger partial charge in [-0.05, 0) is 18.3 Å². The molecule has 0 N–H and O–H groups in total. The third-order valence-corrected chi connectivity index (χ3v) is 1.07. The van der Waals surface area contributed by atoms with Gasteiger partial charge in [-0.1, -0.05) is 0 Å². The van der Waals surface area contributed by atoms with Crippen molar-refractivity contribution in [1.82, 2.24) is 10.2 Å². The minimum Gasteiger partial charge on any atom is -0.266 e. The quantitative estimate of drug-likeness (QED) is 0.454. The summed E-state index contributed by atoms with van der Waals surface area (Å²) < 4.78 is 0. The fourth-order valence-electron chi connectivity index (χ4n) is 0.523. The van der Waals surface area contributed by atoms with Gasteiger partial charge in [-0.25, -0.2) is 0 Å². The van der Waals surface area contributed by atoms with Crippen molar-refractivity contribution in [2.24, 2.45) is 4.99 Å². The molecular weight excluding hydrogens is 162 g/mol. The monoisotopic (exact) mass is 165 g/mol. The Morgan fingerprint density at radius 2 is 2.45 bits per heavy atom. The van der Waals surface area contributed by atoms with Crippen molar-refractivity contribution >= 4 is 23.3 Å². The first-order valence-corrected chi connectivity index (χ1v) is 3.14. The number of carbonyl (C=O) groups is 1. The molecule has 0 aliphatic heterocycles. The summed E-state index contributed by atoms with van der Waals surface area (Å²) in [6, 6.07) is 1.51. The normalized spacial score (nSPS) is 8.36. The number of hydrogen-bond donors (Lipinski definition) is 0. The first kappa shape index (κ1) is 7.65. The zero-order chi connectivity index (χ0) is 8.10. The van der Waals surface area contributed by atoms with E-state index >= 15 is 0 Å². The summed E-state index contributed by atoms with van der Waals surface area (Å²) in [4.78, 5) is 14.1. The number of carbonyl (C=O) groups excluding carboxylic acids is 1. The molecule has 0 unspecified atom stereocenters. The highest BCUT2D eigenvalue weighted by atomic mass is 32.1. The Hall–Kier alpha value is -1.45. The van der Waals surface area contributed by atoms with Crippen molar-refractivity contribution in [2.45, 2.75) is 0 Å². The average molecular weight is 165 g/mol. The van der Waals surface area contributed by atoms with E-state index in [1.54, 1.807) is 0 Å². The minimum absolute atomic E-state index is 0.359. The lowest BCUT2D eigenvalue weighted by atomic mass is 10.3. The second-order valence-corrected chi connectivity index (χ2v) is 1.82. The molecule has 0 aromatic carbocycles. The molecule has 0 bridgehead atoms. The maximum atomic E-state index is 10.9. The van der Waals surface area contributed by atoms with Crippen LogP contribution in [0.5, 0.6) is 0 Å². The molecule has 11 heavy (non-hydrogen) atoms. The lowest BCUT2D eigenvalue weighted by molar-refractivity contribution is 0.100. The molecule has 5 heteroatoms. The van der Waals surface area contributed by atoms with Gasteiger partial charge in [0.1, 0.15) is 0 Å². The van der Waals surface area contributed by atoms with Gasteiger partial charge in [0.15, 0.2) is 0 Å². The molecule has 0 radical (unpaired) electrons. The van der Waals surface area contributed by atoms with Crippen LogP contribution in [0.4, 0.5) is 0 Å². The Morgan fingerprint density at radius 1 is 1.64 bits per heavy atom. The Kier molecular flexibility index (Phi) is 2.54. The first-order valence-electron chi connectivity index (χ1n) is 2.73. The van der Waals surface area contributed by atoms with Crippen molar-refractivity contribution in [3.8, 4) is 0 Å². The lowest BCUT2D eigenvalue weighted by Crippen LogP contribution is -1.94. The zero-order valence-corrected chi connectivity index (χ0v) is 6.21. The number of isothiocyanates is 1. The maximum Gasteiger partial charge on any atom is 0.287 e. The van der Waals surface area contributed by atoms with Crippen LogP contribution < -0.4 is 0 Å². The van der Waals surface area contributed by atoms with Crippen LogP contribution in [-0.4, -0.2) is 21.3 Å². The van der Waals surface area contributed by atoms with Crippen LogP contribution in [-0.2, 0) is 0 Å². The molecule has 1 amide bonds. The van der Waals surface area contributed by atoms with E-state index in [4.69, 9.17) is 0 Å². The van der Waals surface area contributed by atoms with Crippen molar-refractivity contribution in [3.05, 3.63) is 24.0 Å². The minimum atomic E-state index is -0.449. The zero-order valence-electron chi connectivity index (χ0n) is 5.39. The summed E-state index contributed by atoms with van der Waals surface area (Å²) in [5, 5.41) is 8.97. The third kappa shape index (κ3) is 2.00. The molecule has 1 rings (SSSR count). The molecule has 1 heterocycles. The van der Waals surface area contributed by atoms with Crippen LogP contribution in [0.1, 0.15) is 10.4 Å². The summed E-state index contributed by atoms with van der Waals surface area (Å²) in [5.41, 5.74) is 0.359. The molecule has 0 saturated carbocycles. The summed E-state index contributed by atoms with van der Waals surface area (Å²) in [7, 11) is 0. The lowest BCUT2D eigenvalue weighted by Gasteiger charge is -1.87. The highest BCUT2D eigenvalue weighted by Gasteiger charge is 2.00. The van der Waals surface area contributed by atoms with E-state index < -0.39 is 5.91 Å². The molecule has 0 atom stereocenters. The molecule has 0 aliphatic rings. The summed E-state index contributed by atoms with van der Waals surface area (Å²) >= 11 is 4.25. The van der Waals surface area contributed by atoms with Crippen molar-refractivity contribution < 1.29 is 4.79 Å². The number of amides is 1. The van der Waals surface area contributed by atoms with Gasteiger partial charge in [-0.15, -0.1) is 0 Å². The highest BCUT2D eigenvalue weighted by molar-refractivity contribution is 7.78. The van der Waals surface area contributed by atoms with Gasteiger partial charge in [0.2, 0.25) is 0 Å². The SMILES string of the molecule is O=C(N=C=S)c1ccnnc1. The number of aliphatic imine (C=N–C) groups is 1. The summed E-state index contributed by atoms with van der Waals surface area (Å²) in [6.45, 7) is 0. The van der Waals surface area contributed by atoms with Gasteiger partial charge in [-0.3, -0.25) is 4.79 Å². The van der Waals surface area contributed by atoms with Gasteiger partial charge in [0.25, 0.3) is 5.91 Å². The van der Waals surface area contributed by atoms with Gasteiger partial charge < -0.3 is 0 Å². The number of rotatable bonds is 1. The molecule has 0 fully saturated rings. The van der Waals surface area contributed by atoms with Gasteiger partial charge in [-0.2, -0.15) is 15.2 Å². The topological polar surface area (TPSA) is 55.2 Å². The molecule has 1 aromatic rings. The van der Waals surface area contributed by atoms with Crippen LogP contribution in [0.15, 0.2) is 23.5 Å². The largest absolute Gasteiger partial charge is 0.287 e. The third-order valence-electron chi connectivity index (χ3n) is 0.978. The second kappa shape index (κ2) is 3.65. The van der Waals surface area contributed by atoms with E-state index in [0.29, 0.717) is 5.56 Å². The Labute approximate surface area is 68.0 Å². The van der Waals surface area contributed by atoms with Crippen molar-refractivity contribution in [2.75, 3.05) is 0 Å². The van der Waals surface area contributed by atoms with E-state index in [2.05, 4.69) is 27.4 Å². The fraction of sp³-hybridized carbons (Fsp3) is 0. The average Bonchev–Trinajstić information content (AvgIpc) is 2.07. The van der Waals surface area contributed by atoms with Gasteiger partial charge in [0, 0.05) is 0 Å². The molecule has 1 aromatic heterocycles. The Bertz CT molecular complexity index is 305. The summed E-state index contributed by atoms with van der Waals surface area (Å²) in [6.07, 6.45) is 2.73. The van der Waals surface area contributed by atoms with Gasteiger partial charge in [0.05, 0.1) is 23.1 Å². The van der Waals surface area contributed by atoms with Crippen LogP contribution in [0, 0.1) is 0 Å². The highest BCUT2D eigenvalue weighted by Crippen LogP contribution is 1.95. The maximum absolute atomic E-state index is 10.9. The van der Waals surface area contributed by atoms with Crippen LogP contribution in [0.3, 0.4) is 0 Å². The molecule has 0 aliphatic carbocycles. The molecular formula is C6H3N3OS. The van der Waals surface area contributed by atoms with E-state index in [1.807, 2.05) is 5.16 Å². The predicted molar refractivity (Wildman–Crippen MR) is 41.4 cm³/mol. The van der Waals surface area contributed by atoms with E-state index in [1.165, 1.54) is 18.5 Å². The van der Waals surface area contributed by atoms with Crippen LogP contribution in [0.2, 0.25) is 0 Å². The summed E-state index contributed by atoms with van der Waals surface area (Å²) in [5.74, 6) is -0.449. The van der Waals surface area contributed by atoms with Crippen molar-refractivity contribution in [1.29, 1.82) is 0 Å².